The van der Waals surface area contributed by atoms with Gasteiger partial charge >= 0.3 is 39.5 Å². The van der Waals surface area contributed by atoms with Crippen molar-refractivity contribution in [2.45, 2.75) is 419 Å². The molecule has 19 heteroatoms. The summed E-state index contributed by atoms with van der Waals surface area (Å²) in [4.78, 5) is 72.9. The van der Waals surface area contributed by atoms with Crippen LogP contribution in [-0.4, -0.2) is 96.7 Å². The Hall–Kier alpha value is -2.46. The van der Waals surface area contributed by atoms with Gasteiger partial charge in [-0.3, -0.25) is 37.3 Å². The molecule has 99 heavy (non-hydrogen) atoms. The zero-order chi connectivity index (χ0) is 72.7. The van der Waals surface area contributed by atoms with Gasteiger partial charge in [0, 0.05) is 25.7 Å². The van der Waals surface area contributed by atoms with Crippen molar-refractivity contribution in [2.75, 3.05) is 39.6 Å². The molecule has 0 saturated heterocycles. The lowest BCUT2D eigenvalue weighted by Gasteiger charge is -2.21. The first-order valence-electron chi connectivity index (χ1n) is 41.0. The first-order chi connectivity index (χ1) is 48.1. The van der Waals surface area contributed by atoms with Gasteiger partial charge in [-0.2, -0.15) is 0 Å². The normalized spacial score (nSPS) is 14.3. The highest BCUT2D eigenvalue weighted by atomic mass is 31.2. The van der Waals surface area contributed by atoms with Crippen LogP contribution in [0, 0.1) is 5.92 Å². The van der Waals surface area contributed by atoms with E-state index in [4.69, 9.17) is 37.0 Å². The topological polar surface area (TPSA) is 237 Å². The van der Waals surface area contributed by atoms with Gasteiger partial charge in [0.1, 0.15) is 19.3 Å². The number of hydrogen-bond acceptors (Lipinski definition) is 15. The number of phosphoric acid groups is 2. The molecule has 3 N–H and O–H groups in total. The standard InChI is InChI=1S/C80H152O17P2/c1-6-10-13-16-19-22-25-28-30-31-32-33-34-36-38-41-44-50-55-60-65-79(84)96-75(69-90-78(83)64-59-54-49-43-40-37-35-29-26-23-20-17-14-11-7-2)71-94-98(86,87)92-67-74(81)68-93-99(88,89)95-72-76(97-80(85)66-61-56-51-46-45-47-52-57-62-73(5)9-4)70-91-77(82)63-58-53-48-42-39-27-24-21-18-15-12-8-3/h23,26,29,35,73-76,81H,6-22,24-25,27-28,30-34,36-72H2,1-5H3,(H,86,87)(H,88,89)/b26-23-,35-29-/t73?,74-,75-,76-/m1/s1. The number of carbonyl (C=O) groups is 4. The van der Waals surface area contributed by atoms with Crippen LogP contribution in [0.15, 0.2) is 24.3 Å². The van der Waals surface area contributed by atoms with Crippen LogP contribution in [-0.2, 0) is 65.4 Å². The molecule has 584 valence electrons. The smallest absolute Gasteiger partial charge is 0.462 e. The Morgan fingerprint density at radius 1 is 0.323 bits per heavy atom. The third kappa shape index (κ3) is 72.3. The van der Waals surface area contributed by atoms with Gasteiger partial charge in [0.25, 0.3) is 0 Å². The lowest BCUT2D eigenvalue weighted by molar-refractivity contribution is -0.161. The minimum absolute atomic E-state index is 0.102. The van der Waals surface area contributed by atoms with Crippen molar-refractivity contribution in [1.82, 2.24) is 0 Å². The Morgan fingerprint density at radius 2 is 0.566 bits per heavy atom. The lowest BCUT2D eigenvalue weighted by Crippen LogP contribution is -2.30. The monoisotopic (exact) mass is 1450 g/mol. The van der Waals surface area contributed by atoms with Crippen molar-refractivity contribution in [3.63, 3.8) is 0 Å². The van der Waals surface area contributed by atoms with Crippen molar-refractivity contribution in [1.29, 1.82) is 0 Å². The van der Waals surface area contributed by atoms with Crippen molar-refractivity contribution in [3.8, 4) is 0 Å². The molecule has 0 aliphatic rings. The molecule has 0 fully saturated rings. The van der Waals surface area contributed by atoms with Crippen LogP contribution in [0.5, 0.6) is 0 Å². The number of phosphoric ester groups is 2. The van der Waals surface area contributed by atoms with Crippen molar-refractivity contribution >= 4 is 39.5 Å². The Balaban J connectivity index is 5.27. The maximum atomic E-state index is 13.1. The Morgan fingerprint density at radius 3 is 0.859 bits per heavy atom. The summed E-state index contributed by atoms with van der Waals surface area (Å²) in [5.74, 6) is -1.37. The van der Waals surface area contributed by atoms with Gasteiger partial charge in [-0.25, -0.2) is 9.13 Å². The zero-order valence-corrected chi connectivity index (χ0v) is 65.9. The molecule has 0 aromatic heterocycles. The quantitative estimate of drug-likeness (QED) is 0.0169. The van der Waals surface area contributed by atoms with E-state index < -0.39 is 97.5 Å². The van der Waals surface area contributed by atoms with E-state index in [1.807, 2.05) is 0 Å². The maximum absolute atomic E-state index is 13.1. The number of rotatable bonds is 78. The van der Waals surface area contributed by atoms with Crippen LogP contribution >= 0.6 is 15.6 Å². The van der Waals surface area contributed by atoms with Gasteiger partial charge in [0.05, 0.1) is 26.4 Å². The van der Waals surface area contributed by atoms with Crippen LogP contribution in [0.25, 0.3) is 0 Å². The lowest BCUT2D eigenvalue weighted by atomic mass is 9.99. The van der Waals surface area contributed by atoms with E-state index in [-0.39, 0.29) is 25.7 Å². The summed E-state index contributed by atoms with van der Waals surface area (Å²) in [6, 6.07) is 0. The number of unbranched alkanes of at least 4 members (excludes halogenated alkanes) is 46. The highest BCUT2D eigenvalue weighted by Crippen LogP contribution is 2.45. The SMILES string of the molecule is CCCCCC/C=C\C=C/CCCCCCCC(=O)OC[C@H](COP(=O)(O)OC[C@@H](O)COP(=O)(O)OC[C@@H](COC(=O)CCCCCCCCCCCCCC)OC(=O)CCCCCCCCCCC(C)CC)OC(=O)CCCCCCCCCCCCCCCCCCCCCC. The summed E-state index contributed by atoms with van der Waals surface area (Å²) in [7, 11) is -9.93. The molecule has 3 unspecified atom stereocenters. The van der Waals surface area contributed by atoms with Crippen molar-refractivity contribution in [2.24, 2.45) is 5.92 Å². The van der Waals surface area contributed by atoms with Gasteiger partial charge in [-0.1, -0.05) is 348 Å². The van der Waals surface area contributed by atoms with Crippen molar-refractivity contribution in [3.05, 3.63) is 24.3 Å². The van der Waals surface area contributed by atoms with Gasteiger partial charge < -0.3 is 33.8 Å². The Labute approximate surface area is 605 Å². The summed E-state index contributed by atoms with van der Waals surface area (Å²) in [6.45, 7) is 7.25. The van der Waals surface area contributed by atoms with Gasteiger partial charge in [0.2, 0.25) is 0 Å². The molecule has 0 radical (unpaired) electrons. The number of carbonyl (C=O) groups excluding carboxylic acids is 4. The molecule has 0 aliphatic carbocycles. The molecule has 17 nitrogen and oxygen atoms in total. The van der Waals surface area contributed by atoms with E-state index in [2.05, 4.69) is 58.9 Å². The minimum atomic E-state index is -4.97. The summed E-state index contributed by atoms with van der Waals surface area (Å²) in [5, 5.41) is 10.6. The fourth-order valence-corrected chi connectivity index (χ4v) is 13.4. The molecule has 0 aromatic rings. The van der Waals surface area contributed by atoms with Crippen molar-refractivity contribution < 1.29 is 80.2 Å². The molecule has 0 aliphatic heterocycles. The van der Waals surface area contributed by atoms with Gasteiger partial charge in [0.15, 0.2) is 12.2 Å². The van der Waals surface area contributed by atoms with Crippen LogP contribution in [0.3, 0.4) is 0 Å². The molecule has 0 heterocycles. The predicted molar refractivity (Wildman–Crippen MR) is 404 cm³/mol. The maximum Gasteiger partial charge on any atom is 0.472 e. The average molecular weight is 1450 g/mol. The third-order valence-corrected chi connectivity index (χ3v) is 20.4. The molecular formula is C80H152O17P2. The van der Waals surface area contributed by atoms with E-state index in [1.54, 1.807) is 0 Å². The first kappa shape index (κ1) is 96.5. The number of aliphatic hydroxyl groups is 1. The second-order valence-corrected chi connectivity index (χ2v) is 31.3. The second kappa shape index (κ2) is 72.5. The number of hydrogen-bond donors (Lipinski definition) is 3. The highest BCUT2D eigenvalue weighted by Gasteiger charge is 2.30. The van der Waals surface area contributed by atoms with Crippen LogP contribution in [0.2, 0.25) is 0 Å². The fourth-order valence-electron chi connectivity index (χ4n) is 11.8. The highest BCUT2D eigenvalue weighted by molar-refractivity contribution is 7.47. The molecule has 0 spiro atoms. The Bertz CT molecular complexity index is 1990. The number of allylic oxidation sites excluding steroid dienone is 4. The zero-order valence-electron chi connectivity index (χ0n) is 64.1. The van der Waals surface area contributed by atoms with E-state index >= 15 is 0 Å². The molecule has 0 amide bonds. The van der Waals surface area contributed by atoms with Crippen LogP contribution in [0.4, 0.5) is 0 Å². The van der Waals surface area contributed by atoms with E-state index in [9.17, 15) is 43.2 Å². The largest absolute Gasteiger partial charge is 0.472 e. The number of ether oxygens (including phenoxy) is 4. The Kier molecular flexibility index (Phi) is 70.7. The second-order valence-electron chi connectivity index (χ2n) is 28.4. The fraction of sp³-hybridized carbons (Fsp3) is 0.900. The van der Waals surface area contributed by atoms with Crippen LogP contribution < -0.4 is 0 Å². The van der Waals surface area contributed by atoms with Gasteiger partial charge in [-0.15, -0.1) is 0 Å². The molecule has 0 saturated carbocycles. The van der Waals surface area contributed by atoms with E-state index in [0.29, 0.717) is 25.7 Å². The molecule has 0 rings (SSSR count). The molecule has 0 bridgehead atoms. The minimum Gasteiger partial charge on any atom is -0.462 e. The molecule has 6 atom stereocenters. The third-order valence-electron chi connectivity index (χ3n) is 18.5. The average Bonchev–Trinajstić information content (AvgIpc) is 1.12. The summed E-state index contributed by atoms with van der Waals surface area (Å²) >= 11 is 0. The summed E-state index contributed by atoms with van der Waals surface area (Å²) in [6.07, 6.45) is 66.0. The predicted octanol–water partition coefficient (Wildman–Crippen LogP) is 23.6. The number of aliphatic hydroxyl groups excluding tert-OH is 1. The van der Waals surface area contributed by atoms with E-state index in [0.717, 1.165) is 115 Å². The molecule has 0 aromatic carbocycles. The van der Waals surface area contributed by atoms with Crippen LogP contribution in [0.1, 0.15) is 401 Å². The first-order valence-corrected chi connectivity index (χ1v) is 44.0. The molecular weight excluding hydrogens is 1290 g/mol. The van der Waals surface area contributed by atoms with Gasteiger partial charge in [-0.05, 0) is 57.3 Å². The summed E-state index contributed by atoms with van der Waals surface area (Å²) < 4.78 is 68.6. The number of esters is 4. The summed E-state index contributed by atoms with van der Waals surface area (Å²) in [5.41, 5.74) is 0. The van der Waals surface area contributed by atoms with E-state index in [1.165, 1.54) is 205 Å².